The summed E-state index contributed by atoms with van der Waals surface area (Å²) < 4.78 is 4.88. The molecule has 0 radical (unpaired) electrons. The lowest BCUT2D eigenvalue weighted by Gasteiger charge is -2.16. The van der Waals surface area contributed by atoms with E-state index in [-0.39, 0.29) is 5.91 Å². The lowest BCUT2D eigenvalue weighted by Crippen LogP contribution is -2.22. The molecule has 104 valence electrons. The third kappa shape index (κ3) is 2.82. The summed E-state index contributed by atoms with van der Waals surface area (Å²) >= 11 is 0. The molecule has 5 heteroatoms. The average Bonchev–Trinajstić information content (AvgIpc) is 3.18. The minimum absolute atomic E-state index is 0.137. The van der Waals surface area contributed by atoms with E-state index in [9.17, 15) is 4.79 Å². The summed E-state index contributed by atoms with van der Waals surface area (Å²) in [5.41, 5.74) is 1.52. The van der Waals surface area contributed by atoms with E-state index in [2.05, 4.69) is 15.2 Å². The number of furan rings is 1. The quantitative estimate of drug-likeness (QED) is 0.926. The molecule has 1 aliphatic heterocycles. The molecule has 2 aromatic heterocycles. The Bertz CT molecular complexity index is 557. The number of carbonyl (C=O) groups excluding carboxylic acids is 1. The van der Waals surface area contributed by atoms with E-state index in [1.54, 1.807) is 6.07 Å². The lowest BCUT2D eigenvalue weighted by molar-refractivity contribution is 0.0950. The average molecular weight is 271 g/mol. The molecule has 0 bridgehead atoms. The number of hydrogen-bond acceptors (Lipinski definition) is 4. The third-order valence-corrected chi connectivity index (χ3v) is 3.48. The molecule has 0 aromatic carbocycles. The van der Waals surface area contributed by atoms with Gasteiger partial charge in [0.2, 0.25) is 0 Å². The molecule has 1 saturated heterocycles. The molecule has 1 fully saturated rings. The van der Waals surface area contributed by atoms with Crippen molar-refractivity contribution >= 4 is 11.7 Å². The first-order chi connectivity index (χ1) is 9.83. The highest BCUT2D eigenvalue weighted by Gasteiger charge is 2.13. The van der Waals surface area contributed by atoms with Crippen molar-refractivity contribution in [3.05, 3.63) is 48.0 Å². The molecule has 1 N–H and O–H groups in total. The predicted octanol–water partition coefficient (Wildman–Crippen LogP) is 2.20. The van der Waals surface area contributed by atoms with Crippen molar-refractivity contribution in [2.75, 3.05) is 18.0 Å². The molecule has 3 rings (SSSR count). The van der Waals surface area contributed by atoms with Crippen LogP contribution < -0.4 is 10.2 Å². The van der Waals surface area contributed by atoms with Gasteiger partial charge in [-0.3, -0.25) is 4.79 Å². The summed E-state index contributed by atoms with van der Waals surface area (Å²) in [6.07, 6.45) is 7.23. The largest absolute Gasteiger partial charge is 0.472 e. The number of hydrogen-bond donors (Lipinski definition) is 1. The fraction of sp³-hybridized carbons (Fsp3) is 0.333. The number of rotatable bonds is 4. The summed E-state index contributed by atoms with van der Waals surface area (Å²) in [6.45, 7) is 2.64. The van der Waals surface area contributed by atoms with Gasteiger partial charge >= 0.3 is 0 Å². The topological polar surface area (TPSA) is 58.4 Å². The van der Waals surface area contributed by atoms with Gasteiger partial charge in [0, 0.05) is 25.8 Å². The molecule has 5 nitrogen and oxygen atoms in total. The molecule has 20 heavy (non-hydrogen) atoms. The van der Waals surface area contributed by atoms with E-state index in [0.29, 0.717) is 12.1 Å². The maximum atomic E-state index is 11.8. The molecule has 1 amide bonds. The number of amides is 1. The van der Waals surface area contributed by atoms with E-state index in [1.807, 2.05) is 18.3 Å². The van der Waals surface area contributed by atoms with E-state index in [0.717, 1.165) is 24.5 Å². The van der Waals surface area contributed by atoms with Crippen molar-refractivity contribution in [1.82, 2.24) is 10.3 Å². The number of nitrogens with zero attached hydrogens (tertiary/aromatic N) is 2. The number of nitrogens with one attached hydrogen (secondary N) is 1. The molecule has 0 spiro atoms. The molecule has 0 saturated carbocycles. The Balaban J connectivity index is 1.56. The van der Waals surface area contributed by atoms with Crippen LogP contribution in [0.25, 0.3) is 0 Å². The van der Waals surface area contributed by atoms with Gasteiger partial charge in [-0.05, 0) is 30.5 Å². The van der Waals surface area contributed by atoms with Crippen LogP contribution in [0.5, 0.6) is 0 Å². The van der Waals surface area contributed by atoms with Crippen LogP contribution in [-0.4, -0.2) is 24.0 Å². The summed E-state index contributed by atoms with van der Waals surface area (Å²) in [5, 5.41) is 2.84. The highest BCUT2D eigenvalue weighted by molar-refractivity contribution is 5.93. The standard InChI is InChI=1S/C15H17N3O2/c19-15(13-5-8-20-11-13)17-10-12-3-4-14(16-9-12)18-6-1-2-7-18/h3-5,8-9,11H,1-2,6-7,10H2,(H,17,19). The van der Waals surface area contributed by atoms with Gasteiger partial charge in [0.1, 0.15) is 12.1 Å². The van der Waals surface area contributed by atoms with Crippen LogP contribution in [-0.2, 0) is 6.54 Å². The molecule has 2 aromatic rings. The van der Waals surface area contributed by atoms with E-state index < -0.39 is 0 Å². The normalized spacial score (nSPS) is 14.5. The van der Waals surface area contributed by atoms with Crippen LogP contribution in [0.3, 0.4) is 0 Å². The van der Waals surface area contributed by atoms with Crippen LogP contribution >= 0.6 is 0 Å². The SMILES string of the molecule is O=C(NCc1ccc(N2CCCC2)nc1)c1ccoc1. The molecular weight excluding hydrogens is 254 g/mol. The first-order valence-electron chi connectivity index (χ1n) is 6.83. The number of aromatic nitrogens is 1. The van der Waals surface area contributed by atoms with Crippen LogP contribution in [0.15, 0.2) is 41.3 Å². The fourth-order valence-electron chi connectivity index (χ4n) is 2.33. The van der Waals surface area contributed by atoms with Crippen LogP contribution in [0.2, 0.25) is 0 Å². The van der Waals surface area contributed by atoms with Gasteiger partial charge in [0.15, 0.2) is 0 Å². The van der Waals surface area contributed by atoms with Gasteiger partial charge < -0.3 is 14.6 Å². The second-order valence-electron chi connectivity index (χ2n) is 4.91. The number of pyridine rings is 1. The summed E-state index contributed by atoms with van der Waals surface area (Å²) in [6, 6.07) is 5.67. The summed E-state index contributed by atoms with van der Waals surface area (Å²) in [4.78, 5) is 18.5. The monoisotopic (exact) mass is 271 g/mol. The zero-order valence-electron chi connectivity index (χ0n) is 11.2. The van der Waals surface area contributed by atoms with Gasteiger partial charge in [0.05, 0.1) is 11.8 Å². The Morgan fingerprint density at radius 1 is 1.30 bits per heavy atom. The zero-order valence-corrected chi connectivity index (χ0v) is 11.2. The van der Waals surface area contributed by atoms with Gasteiger partial charge in [-0.1, -0.05) is 6.07 Å². The highest BCUT2D eigenvalue weighted by Crippen LogP contribution is 2.17. The summed E-state index contributed by atoms with van der Waals surface area (Å²) in [5.74, 6) is 0.884. The van der Waals surface area contributed by atoms with Gasteiger partial charge in [-0.25, -0.2) is 4.98 Å². The molecule has 0 atom stereocenters. The van der Waals surface area contributed by atoms with Gasteiger partial charge in [-0.2, -0.15) is 0 Å². The summed E-state index contributed by atoms with van der Waals surface area (Å²) in [7, 11) is 0. The van der Waals surface area contributed by atoms with Crippen molar-refractivity contribution in [2.24, 2.45) is 0 Å². The van der Waals surface area contributed by atoms with E-state index in [4.69, 9.17) is 4.42 Å². The third-order valence-electron chi connectivity index (χ3n) is 3.48. The van der Waals surface area contributed by atoms with Gasteiger partial charge in [-0.15, -0.1) is 0 Å². The minimum atomic E-state index is -0.137. The first kappa shape index (κ1) is 12.7. The van der Waals surface area contributed by atoms with Crippen molar-refractivity contribution in [3.8, 4) is 0 Å². The Hall–Kier alpha value is -2.30. The molecule has 3 heterocycles. The lowest BCUT2D eigenvalue weighted by atomic mass is 10.2. The van der Waals surface area contributed by atoms with Crippen molar-refractivity contribution in [1.29, 1.82) is 0 Å². The number of carbonyl (C=O) groups is 1. The van der Waals surface area contributed by atoms with E-state index in [1.165, 1.54) is 25.4 Å². The van der Waals surface area contributed by atoms with E-state index >= 15 is 0 Å². The Morgan fingerprint density at radius 2 is 2.15 bits per heavy atom. The molecule has 0 aliphatic carbocycles. The Morgan fingerprint density at radius 3 is 2.80 bits per heavy atom. The van der Waals surface area contributed by atoms with Gasteiger partial charge in [0.25, 0.3) is 5.91 Å². The Labute approximate surface area is 117 Å². The second-order valence-corrected chi connectivity index (χ2v) is 4.91. The van der Waals surface area contributed by atoms with Crippen molar-refractivity contribution in [3.63, 3.8) is 0 Å². The second kappa shape index (κ2) is 5.77. The number of anilines is 1. The maximum absolute atomic E-state index is 11.8. The molecule has 0 unspecified atom stereocenters. The first-order valence-corrected chi connectivity index (χ1v) is 6.83. The van der Waals surface area contributed by atoms with Crippen LogP contribution in [0.4, 0.5) is 5.82 Å². The van der Waals surface area contributed by atoms with Crippen molar-refractivity contribution in [2.45, 2.75) is 19.4 Å². The van der Waals surface area contributed by atoms with Crippen LogP contribution in [0, 0.1) is 0 Å². The predicted molar refractivity (Wildman–Crippen MR) is 75.6 cm³/mol. The van der Waals surface area contributed by atoms with Crippen molar-refractivity contribution < 1.29 is 9.21 Å². The maximum Gasteiger partial charge on any atom is 0.254 e. The fourth-order valence-corrected chi connectivity index (χ4v) is 2.33. The zero-order chi connectivity index (χ0) is 13.8. The highest BCUT2D eigenvalue weighted by atomic mass is 16.3. The Kier molecular flexibility index (Phi) is 3.67. The minimum Gasteiger partial charge on any atom is -0.472 e. The van der Waals surface area contributed by atoms with Crippen LogP contribution in [0.1, 0.15) is 28.8 Å². The molecular formula is C15H17N3O2. The molecule has 1 aliphatic rings. The smallest absolute Gasteiger partial charge is 0.254 e.